The standard InChI is InChI=1S/C19H33N5.HI/c1-19(2,3)22-18(20-4)21-11-8-12-23-13-15-24(16-14-23)17-9-6-5-7-10-17;/h5-7,9-10H,8,11-16H2,1-4H3,(H2,20,21,22);1H. The van der Waals surface area contributed by atoms with Crippen LogP contribution < -0.4 is 15.5 Å². The fraction of sp³-hybridized carbons (Fsp3) is 0.632. The van der Waals surface area contributed by atoms with Crippen LogP contribution in [-0.2, 0) is 0 Å². The first-order chi connectivity index (χ1) is 11.5. The SMILES string of the molecule is CN=C(NCCCN1CCN(c2ccccc2)CC1)NC(C)(C)C.I. The highest BCUT2D eigenvalue weighted by Crippen LogP contribution is 2.15. The molecule has 2 rings (SSSR count). The van der Waals surface area contributed by atoms with Crippen LogP contribution in [0.2, 0.25) is 0 Å². The number of hydrogen-bond acceptors (Lipinski definition) is 3. The maximum absolute atomic E-state index is 4.28. The Morgan fingerprint density at radius 3 is 2.28 bits per heavy atom. The van der Waals surface area contributed by atoms with E-state index >= 15 is 0 Å². The third-order valence-electron chi connectivity index (χ3n) is 4.15. The number of nitrogens with zero attached hydrogens (tertiary/aromatic N) is 3. The maximum Gasteiger partial charge on any atom is 0.191 e. The van der Waals surface area contributed by atoms with Gasteiger partial charge >= 0.3 is 0 Å². The van der Waals surface area contributed by atoms with Crippen LogP contribution in [0.5, 0.6) is 0 Å². The lowest BCUT2D eigenvalue weighted by Crippen LogP contribution is -2.49. The average molecular weight is 459 g/mol. The molecule has 0 aliphatic carbocycles. The van der Waals surface area contributed by atoms with E-state index < -0.39 is 0 Å². The maximum atomic E-state index is 4.28. The molecule has 0 spiro atoms. The second kappa shape index (κ2) is 10.9. The molecular weight excluding hydrogens is 425 g/mol. The Labute approximate surface area is 170 Å². The Hall–Kier alpha value is -1.02. The van der Waals surface area contributed by atoms with Gasteiger partial charge in [0.25, 0.3) is 0 Å². The Balaban J connectivity index is 0.00000312. The first-order valence-corrected chi connectivity index (χ1v) is 8.99. The molecule has 0 bridgehead atoms. The zero-order valence-corrected chi connectivity index (χ0v) is 18.4. The minimum atomic E-state index is 0. The minimum absolute atomic E-state index is 0. The summed E-state index contributed by atoms with van der Waals surface area (Å²) in [5.74, 6) is 0.886. The van der Waals surface area contributed by atoms with Crippen molar-refractivity contribution in [2.24, 2.45) is 4.99 Å². The van der Waals surface area contributed by atoms with E-state index in [2.05, 4.69) is 76.5 Å². The van der Waals surface area contributed by atoms with Gasteiger partial charge < -0.3 is 15.5 Å². The number of rotatable bonds is 5. The highest BCUT2D eigenvalue weighted by molar-refractivity contribution is 14.0. The molecule has 0 unspecified atom stereocenters. The predicted molar refractivity (Wildman–Crippen MR) is 119 cm³/mol. The number of halogens is 1. The molecule has 5 nitrogen and oxygen atoms in total. The number of para-hydroxylation sites is 1. The molecule has 25 heavy (non-hydrogen) atoms. The molecule has 0 amide bonds. The van der Waals surface area contributed by atoms with E-state index in [0.29, 0.717) is 0 Å². The Bertz CT molecular complexity index is 504. The van der Waals surface area contributed by atoms with E-state index in [1.165, 1.54) is 5.69 Å². The number of anilines is 1. The number of aliphatic imine (C=N–C) groups is 1. The molecule has 1 fully saturated rings. The highest BCUT2D eigenvalue weighted by atomic mass is 127. The lowest BCUT2D eigenvalue weighted by molar-refractivity contribution is 0.255. The second-order valence-corrected chi connectivity index (χ2v) is 7.39. The lowest BCUT2D eigenvalue weighted by atomic mass is 10.1. The van der Waals surface area contributed by atoms with Crippen molar-refractivity contribution in [3.05, 3.63) is 30.3 Å². The van der Waals surface area contributed by atoms with Gasteiger partial charge in [0.05, 0.1) is 0 Å². The molecule has 142 valence electrons. The summed E-state index contributed by atoms with van der Waals surface area (Å²) in [6.07, 6.45) is 1.14. The van der Waals surface area contributed by atoms with Crippen LogP contribution in [0.3, 0.4) is 0 Å². The predicted octanol–water partition coefficient (Wildman–Crippen LogP) is 2.78. The second-order valence-electron chi connectivity index (χ2n) is 7.39. The molecular formula is C19H34IN5. The van der Waals surface area contributed by atoms with Gasteiger partial charge in [-0.1, -0.05) is 18.2 Å². The van der Waals surface area contributed by atoms with Gasteiger partial charge in [0.1, 0.15) is 0 Å². The van der Waals surface area contributed by atoms with Gasteiger partial charge in [-0.25, -0.2) is 0 Å². The summed E-state index contributed by atoms with van der Waals surface area (Å²) < 4.78 is 0. The number of nitrogens with one attached hydrogen (secondary N) is 2. The fourth-order valence-corrected chi connectivity index (χ4v) is 2.91. The molecule has 0 aromatic heterocycles. The first-order valence-electron chi connectivity index (χ1n) is 8.99. The molecule has 0 atom stereocenters. The van der Waals surface area contributed by atoms with Gasteiger partial charge in [0.2, 0.25) is 0 Å². The summed E-state index contributed by atoms with van der Waals surface area (Å²) in [5.41, 5.74) is 1.38. The molecule has 1 aliphatic rings. The number of guanidine groups is 1. The van der Waals surface area contributed by atoms with E-state index in [-0.39, 0.29) is 29.5 Å². The first kappa shape index (κ1) is 22.0. The van der Waals surface area contributed by atoms with Gasteiger partial charge in [-0.05, 0) is 45.9 Å². The average Bonchev–Trinajstić information content (AvgIpc) is 2.58. The molecule has 1 saturated heterocycles. The van der Waals surface area contributed by atoms with Crippen molar-refractivity contribution in [1.29, 1.82) is 0 Å². The van der Waals surface area contributed by atoms with E-state index in [1.54, 1.807) is 0 Å². The summed E-state index contributed by atoms with van der Waals surface area (Å²) in [6, 6.07) is 10.7. The van der Waals surface area contributed by atoms with Crippen molar-refractivity contribution >= 4 is 35.6 Å². The summed E-state index contributed by atoms with van der Waals surface area (Å²) in [6.45, 7) is 13.0. The molecule has 1 aromatic rings. The summed E-state index contributed by atoms with van der Waals surface area (Å²) >= 11 is 0. The Morgan fingerprint density at radius 1 is 1.08 bits per heavy atom. The fourth-order valence-electron chi connectivity index (χ4n) is 2.91. The zero-order valence-electron chi connectivity index (χ0n) is 16.1. The van der Waals surface area contributed by atoms with Crippen molar-refractivity contribution < 1.29 is 0 Å². The molecule has 2 N–H and O–H groups in total. The van der Waals surface area contributed by atoms with Crippen molar-refractivity contribution in [2.45, 2.75) is 32.7 Å². The zero-order chi connectivity index (χ0) is 17.4. The van der Waals surface area contributed by atoms with Gasteiger partial charge in [0, 0.05) is 51.0 Å². The normalized spacial score (nSPS) is 16.3. The van der Waals surface area contributed by atoms with Gasteiger partial charge in [-0.2, -0.15) is 0 Å². The van der Waals surface area contributed by atoms with Crippen molar-refractivity contribution in [3.63, 3.8) is 0 Å². The van der Waals surface area contributed by atoms with Crippen LogP contribution >= 0.6 is 24.0 Å². The third-order valence-corrected chi connectivity index (χ3v) is 4.15. The smallest absolute Gasteiger partial charge is 0.191 e. The molecule has 6 heteroatoms. The molecule has 0 radical (unpaired) electrons. The Kier molecular flexibility index (Phi) is 9.56. The van der Waals surface area contributed by atoms with E-state index in [4.69, 9.17) is 0 Å². The van der Waals surface area contributed by atoms with Crippen molar-refractivity contribution in [2.75, 3.05) is 51.2 Å². The van der Waals surface area contributed by atoms with Crippen molar-refractivity contribution in [1.82, 2.24) is 15.5 Å². The van der Waals surface area contributed by atoms with Gasteiger partial charge in [-0.15, -0.1) is 24.0 Å². The van der Waals surface area contributed by atoms with Crippen LogP contribution in [0.25, 0.3) is 0 Å². The lowest BCUT2D eigenvalue weighted by Gasteiger charge is -2.36. The van der Waals surface area contributed by atoms with Gasteiger partial charge in [0.15, 0.2) is 5.96 Å². The molecule has 1 heterocycles. The third kappa shape index (κ3) is 8.27. The topological polar surface area (TPSA) is 42.9 Å². The molecule has 1 aliphatic heterocycles. The molecule has 1 aromatic carbocycles. The monoisotopic (exact) mass is 459 g/mol. The van der Waals surface area contributed by atoms with Crippen LogP contribution in [-0.4, -0.2) is 62.7 Å². The van der Waals surface area contributed by atoms with E-state index in [9.17, 15) is 0 Å². The quantitative estimate of drug-likeness (QED) is 0.308. The summed E-state index contributed by atoms with van der Waals surface area (Å²) in [4.78, 5) is 9.31. The van der Waals surface area contributed by atoms with Crippen LogP contribution in [0.15, 0.2) is 35.3 Å². The van der Waals surface area contributed by atoms with Crippen LogP contribution in [0.4, 0.5) is 5.69 Å². The Morgan fingerprint density at radius 2 is 1.72 bits per heavy atom. The number of hydrogen-bond donors (Lipinski definition) is 2. The minimum Gasteiger partial charge on any atom is -0.369 e. The van der Waals surface area contributed by atoms with Crippen LogP contribution in [0, 0.1) is 0 Å². The number of benzene rings is 1. The van der Waals surface area contributed by atoms with Crippen LogP contribution in [0.1, 0.15) is 27.2 Å². The van der Waals surface area contributed by atoms with Gasteiger partial charge in [-0.3, -0.25) is 9.89 Å². The van der Waals surface area contributed by atoms with E-state index in [0.717, 1.165) is 51.6 Å². The highest BCUT2D eigenvalue weighted by Gasteiger charge is 2.16. The number of piperazine rings is 1. The largest absolute Gasteiger partial charge is 0.369 e. The summed E-state index contributed by atoms with van der Waals surface area (Å²) in [7, 11) is 1.82. The van der Waals surface area contributed by atoms with Crippen molar-refractivity contribution in [3.8, 4) is 0 Å². The molecule has 0 saturated carbocycles. The van der Waals surface area contributed by atoms with E-state index in [1.807, 2.05) is 7.05 Å². The summed E-state index contributed by atoms with van der Waals surface area (Å²) in [5, 5.41) is 6.79.